The van der Waals surface area contributed by atoms with E-state index in [0.717, 1.165) is 0 Å². The molecule has 2 aromatic carbocycles. The molecular formula is C19H18O4. The van der Waals surface area contributed by atoms with Gasteiger partial charge in [-0.3, -0.25) is 4.79 Å². The zero-order chi connectivity index (χ0) is 17.0. The van der Waals surface area contributed by atoms with Gasteiger partial charge in [0.05, 0.1) is 18.6 Å². The molecular weight excluding hydrogens is 292 g/mol. The maximum Gasteiger partial charge on any atom is 0.338 e. The first-order valence-corrected chi connectivity index (χ1v) is 7.16. The molecule has 4 heteroatoms. The standard InChI is InChI=1S/C19H18O4/c1-12(15-9-6-7-11-17(15)19(22)23-3)14-8-4-5-10-16(14)13(2)18(20)21/h4-11,13H,1H2,2-3H3,(H,20,21). The molecule has 0 aliphatic carbocycles. The molecule has 1 unspecified atom stereocenters. The van der Waals surface area contributed by atoms with E-state index >= 15 is 0 Å². The highest BCUT2D eigenvalue weighted by Gasteiger charge is 2.21. The van der Waals surface area contributed by atoms with Gasteiger partial charge in [-0.2, -0.15) is 0 Å². The van der Waals surface area contributed by atoms with Crippen molar-refractivity contribution in [3.63, 3.8) is 0 Å². The quantitative estimate of drug-likeness (QED) is 0.855. The number of hydrogen-bond acceptors (Lipinski definition) is 3. The number of esters is 1. The number of methoxy groups -OCH3 is 1. The molecule has 0 aliphatic rings. The highest BCUT2D eigenvalue weighted by atomic mass is 16.5. The summed E-state index contributed by atoms with van der Waals surface area (Å²) in [6.07, 6.45) is 0. The zero-order valence-corrected chi connectivity index (χ0v) is 13.1. The van der Waals surface area contributed by atoms with Crippen LogP contribution < -0.4 is 0 Å². The van der Waals surface area contributed by atoms with Crippen molar-refractivity contribution >= 4 is 17.5 Å². The minimum atomic E-state index is -0.911. The van der Waals surface area contributed by atoms with E-state index in [-0.39, 0.29) is 0 Å². The summed E-state index contributed by atoms with van der Waals surface area (Å²) in [4.78, 5) is 23.3. The van der Waals surface area contributed by atoms with Gasteiger partial charge >= 0.3 is 11.9 Å². The fourth-order valence-corrected chi connectivity index (χ4v) is 2.46. The highest BCUT2D eigenvalue weighted by molar-refractivity contribution is 5.98. The molecule has 1 N–H and O–H groups in total. The lowest BCUT2D eigenvalue weighted by atomic mass is 9.87. The number of carboxylic acid groups (broad SMARTS) is 1. The SMILES string of the molecule is C=C(c1ccccc1C(=O)OC)c1ccccc1C(C)C(=O)O. The van der Waals surface area contributed by atoms with Gasteiger partial charge in [-0.05, 0) is 35.3 Å². The van der Waals surface area contributed by atoms with Crippen molar-refractivity contribution in [3.8, 4) is 0 Å². The van der Waals surface area contributed by atoms with Crippen LogP contribution in [0.4, 0.5) is 0 Å². The summed E-state index contributed by atoms with van der Waals surface area (Å²) in [6.45, 7) is 5.70. The molecule has 4 nitrogen and oxygen atoms in total. The van der Waals surface area contributed by atoms with Gasteiger partial charge in [0.15, 0.2) is 0 Å². The van der Waals surface area contributed by atoms with Gasteiger partial charge in [0.1, 0.15) is 0 Å². The minimum absolute atomic E-state index is 0.401. The Morgan fingerprint density at radius 3 is 2.09 bits per heavy atom. The molecule has 1 atom stereocenters. The predicted molar refractivity (Wildman–Crippen MR) is 88.4 cm³/mol. The molecule has 0 amide bonds. The molecule has 0 aromatic heterocycles. The molecule has 0 aliphatic heterocycles. The Morgan fingerprint density at radius 1 is 1.00 bits per heavy atom. The van der Waals surface area contributed by atoms with Crippen molar-refractivity contribution in [2.75, 3.05) is 7.11 Å². The van der Waals surface area contributed by atoms with E-state index in [1.807, 2.05) is 12.1 Å². The van der Waals surface area contributed by atoms with Crippen LogP contribution in [0.1, 0.15) is 39.9 Å². The zero-order valence-electron chi connectivity index (χ0n) is 13.1. The Kier molecular flexibility index (Phi) is 4.96. The Bertz CT molecular complexity index is 761. The average Bonchev–Trinajstić information content (AvgIpc) is 2.59. The third-order valence-corrected chi connectivity index (χ3v) is 3.78. The van der Waals surface area contributed by atoms with Gasteiger partial charge < -0.3 is 9.84 Å². The largest absolute Gasteiger partial charge is 0.481 e. The van der Waals surface area contributed by atoms with Crippen molar-refractivity contribution in [1.29, 1.82) is 0 Å². The molecule has 2 rings (SSSR count). The van der Waals surface area contributed by atoms with Crippen LogP contribution in [-0.2, 0) is 9.53 Å². The molecule has 0 saturated heterocycles. The van der Waals surface area contributed by atoms with E-state index in [9.17, 15) is 14.7 Å². The molecule has 0 saturated carbocycles. The van der Waals surface area contributed by atoms with E-state index in [0.29, 0.717) is 27.8 Å². The van der Waals surface area contributed by atoms with Gasteiger partial charge in [0.2, 0.25) is 0 Å². The van der Waals surface area contributed by atoms with Gasteiger partial charge in [0, 0.05) is 0 Å². The highest BCUT2D eigenvalue weighted by Crippen LogP contribution is 2.31. The minimum Gasteiger partial charge on any atom is -0.481 e. The number of ether oxygens (including phenoxy) is 1. The molecule has 0 spiro atoms. The maximum absolute atomic E-state index is 11.9. The Hall–Kier alpha value is -2.88. The summed E-state index contributed by atoms with van der Waals surface area (Å²) in [7, 11) is 1.32. The summed E-state index contributed by atoms with van der Waals surface area (Å²) in [5.74, 6) is -2.04. The van der Waals surface area contributed by atoms with Crippen LogP contribution >= 0.6 is 0 Å². The van der Waals surface area contributed by atoms with Crippen LogP contribution in [0.25, 0.3) is 5.57 Å². The van der Waals surface area contributed by atoms with E-state index in [2.05, 4.69) is 6.58 Å². The van der Waals surface area contributed by atoms with Crippen molar-refractivity contribution in [1.82, 2.24) is 0 Å². The van der Waals surface area contributed by atoms with Gasteiger partial charge in [-0.1, -0.05) is 49.0 Å². The van der Waals surface area contributed by atoms with Crippen molar-refractivity contribution in [2.45, 2.75) is 12.8 Å². The third kappa shape index (κ3) is 3.31. The van der Waals surface area contributed by atoms with Crippen LogP contribution in [0.5, 0.6) is 0 Å². The molecule has 118 valence electrons. The maximum atomic E-state index is 11.9. The fraction of sp³-hybridized carbons (Fsp3) is 0.158. The number of carboxylic acids is 1. The van der Waals surface area contributed by atoms with Crippen molar-refractivity contribution in [2.24, 2.45) is 0 Å². The number of rotatable bonds is 5. The summed E-state index contributed by atoms with van der Waals surface area (Å²) in [5, 5.41) is 9.29. The summed E-state index contributed by atoms with van der Waals surface area (Å²) in [6, 6.07) is 14.2. The summed E-state index contributed by atoms with van der Waals surface area (Å²) >= 11 is 0. The van der Waals surface area contributed by atoms with Gasteiger partial charge in [-0.25, -0.2) is 4.79 Å². The number of carbonyl (C=O) groups is 2. The molecule has 2 aromatic rings. The Balaban J connectivity index is 2.55. The van der Waals surface area contributed by atoms with Crippen LogP contribution in [-0.4, -0.2) is 24.2 Å². The summed E-state index contributed by atoms with van der Waals surface area (Å²) in [5.41, 5.74) is 2.99. The summed E-state index contributed by atoms with van der Waals surface area (Å²) < 4.78 is 4.80. The second-order valence-electron chi connectivity index (χ2n) is 5.16. The first-order chi connectivity index (χ1) is 11.0. The van der Waals surface area contributed by atoms with E-state index in [1.54, 1.807) is 43.3 Å². The monoisotopic (exact) mass is 310 g/mol. The first kappa shape index (κ1) is 16.5. The fourth-order valence-electron chi connectivity index (χ4n) is 2.46. The number of benzene rings is 2. The van der Waals surface area contributed by atoms with E-state index in [1.165, 1.54) is 7.11 Å². The number of hydrogen-bond donors (Lipinski definition) is 1. The lowest BCUT2D eigenvalue weighted by molar-refractivity contribution is -0.138. The van der Waals surface area contributed by atoms with Gasteiger partial charge in [0.25, 0.3) is 0 Å². The second kappa shape index (κ2) is 6.92. The topological polar surface area (TPSA) is 63.6 Å². The van der Waals surface area contributed by atoms with E-state index < -0.39 is 17.9 Å². The van der Waals surface area contributed by atoms with Crippen LogP contribution in [0.15, 0.2) is 55.1 Å². The van der Waals surface area contributed by atoms with E-state index in [4.69, 9.17) is 4.74 Å². The van der Waals surface area contributed by atoms with Crippen molar-refractivity contribution in [3.05, 3.63) is 77.4 Å². The van der Waals surface area contributed by atoms with Crippen LogP contribution in [0.2, 0.25) is 0 Å². The lowest BCUT2D eigenvalue weighted by Gasteiger charge is -2.17. The van der Waals surface area contributed by atoms with Crippen LogP contribution in [0, 0.1) is 0 Å². The smallest absolute Gasteiger partial charge is 0.338 e. The Morgan fingerprint density at radius 2 is 1.52 bits per heavy atom. The predicted octanol–water partition coefficient (Wildman–Crippen LogP) is 3.72. The first-order valence-electron chi connectivity index (χ1n) is 7.16. The normalized spacial score (nSPS) is 11.6. The van der Waals surface area contributed by atoms with Crippen molar-refractivity contribution < 1.29 is 19.4 Å². The van der Waals surface area contributed by atoms with Crippen LogP contribution in [0.3, 0.4) is 0 Å². The number of carbonyl (C=O) groups excluding carboxylic acids is 1. The molecule has 0 heterocycles. The molecule has 0 fully saturated rings. The third-order valence-electron chi connectivity index (χ3n) is 3.78. The van der Waals surface area contributed by atoms with Gasteiger partial charge in [-0.15, -0.1) is 0 Å². The Labute approximate surface area is 135 Å². The second-order valence-corrected chi connectivity index (χ2v) is 5.16. The molecule has 23 heavy (non-hydrogen) atoms. The molecule has 0 radical (unpaired) electrons. The molecule has 0 bridgehead atoms. The average molecular weight is 310 g/mol. The lowest BCUT2D eigenvalue weighted by Crippen LogP contribution is -2.11. The number of aliphatic carboxylic acids is 1.